The van der Waals surface area contributed by atoms with E-state index in [2.05, 4.69) is 10.3 Å². The van der Waals surface area contributed by atoms with Gasteiger partial charge in [0, 0.05) is 35.3 Å². The number of nitrogens with zero attached hydrogens (tertiary/aromatic N) is 1. The van der Waals surface area contributed by atoms with E-state index in [1.165, 1.54) is 0 Å². The van der Waals surface area contributed by atoms with Gasteiger partial charge in [0.15, 0.2) is 0 Å². The predicted octanol–water partition coefficient (Wildman–Crippen LogP) is 3.41. The van der Waals surface area contributed by atoms with E-state index in [0.29, 0.717) is 18.0 Å². The van der Waals surface area contributed by atoms with Crippen molar-refractivity contribution in [3.63, 3.8) is 0 Å². The van der Waals surface area contributed by atoms with Crippen LogP contribution in [0.3, 0.4) is 0 Å². The van der Waals surface area contributed by atoms with Crippen LogP contribution in [0.15, 0.2) is 47.3 Å². The first-order valence-corrected chi connectivity index (χ1v) is 11.0. The molecular formula is C25H25N3O4. The minimum absolute atomic E-state index is 0.0350. The van der Waals surface area contributed by atoms with Gasteiger partial charge in [-0.1, -0.05) is 6.07 Å². The number of pyridine rings is 1. The standard InChI is InChI=1S/C25H25N3O4/c1-32-18-9-7-17(8-10-18)28-14-15(12-23(28)29)24(30)26-16-6-11-20-19-4-2-3-5-21(19)25(31)27-22(20)13-16/h6-11,13,15H,2-5,12,14H2,1H3,(H,26,30)(H,27,31). The lowest BCUT2D eigenvalue weighted by Gasteiger charge is -2.18. The molecule has 0 bridgehead atoms. The Hall–Kier alpha value is -3.61. The number of H-pyrrole nitrogens is 1. The second-order valence-corrected chi connectivity index (χ2v) is 8.47. The SMILES string of the molecule is COc1ccc(N2CC(C(=O)Nc3ccc4c5c(c(=O)[nH]c4c3)CCCC5)CC2=O)cc1. The summed E-state index contributed by atoms with van der Waals surface area (Å²) in [6.07, 6.45) is 4.02. The molecule has 1 aliphatic heterocycles. The maximum Gasteiger partial charge on any atom is 0.251 e. The number of carbonyl (C=O) groups excluding carboxylic acids is 2. The fourth-order valence-electron chi connectivity index (χ4n) is 4.78. The molecule has 2 aromatic carbocycles. The zero-order chi connectivity index (χ0) is 22.2. The fraction of sp³-hybridized carbons (Fsp3) is 0.320. The molecule has 1 aromatic heterocycles. The fourth-order valence-corrected chi connectivity index (χ4v) is 4.78. The van der Waals surface area contributed by atoms with Gasteiger partial charge in [-0.05, 0) is 67.6 Å². The van der Waals surface area contributed by atoms with Crippen LogP contribution in [0, 0.1) is 5.92 Å². The van der Waals surface area contributed by atoms with Crippen molar-refractivity contribution in [2.24, 2.45) is 5.92 Å². The van der Waals surface area contributed by atoms with Crippen LogP contribution in [-0.4, -0.2) is 30.5 Å². The van der Waals surface area contributed by atoms with Crippen molar-refractivity contribution >= 4 is 34.1 Å². The largest absolute Gasteiger partial charge is 0.497 e. The minimum atomic E-state index is -0.442. The number of amides is 2. The molecule has 3 aromatic rings. The second kappa shape index (κ2) is 8.15. The second-order valence-electron chi connectivity index (χ2n) is 8.47. The molecule has 2 aliphatic rings. The average Bonchev–Trinajstić information content (AvgIpc) is 3.21. The Bertz CT molecular complexity index is 1260. The Balaban J connectivity index is 1.33. The predicted molar refractivity (Wildman–Crippen MR) is 123 cm³/mol. The maximum atomic E-state index is 12.9. The number of hydrogen-bond donors (Lipinski definition) is 2. The molecular weight excluding hydrogens is 406 g/mol. The first-order valence-electron chi connectivity index (χ1n) is 11.0. The normalized spacial score (nSPS) is 18.0. The van der Waals surface area contributed by atoms with Crippen molar-refractivity contribution in [1.82, 2.24) is 4.98 Å². The molecule has 0 saturated carbocycles. The number of anilines is 2. The van der Waals surface area contributed by atoms with E-state index >= 15 is 0 Å². The quantitative estimate of drug-likeness (QED) is 0.662. The summed E-state index contributed by atoms with van der Waals surface area (Å²) < 4.78 is 5.16. The Labute approximate surface area is 185 Å². The third kappa shape index (κ3) is 3.64. The lowest BCUT2D eigenvalue weighted by molar-refractivity contribution is -0.122. The zero-order valence-electron chi connectivity index (χ0n) is 17.9. The van der Waals surface area contributed by atoms with E-state index in [4.69, 9.17) is 4.74 Å². The summed E-state index contributed by atoms with van der Waals surface area (Å²) in [4.78, 5) is 42.5. The van der Waals surface area contributed by atoms with Crippen LogP contribution >= 0.6 is 0 Å². The summed E-state index contributed by atoms with van der Waals surface area (Å²) >= 11 is 0. The van der Waals surface area contributed by atoms with E-state index < -0.39 is 5.92 Å². The Morgan fingerprint density at radius 2 is 1.81 bits per heavy atom. The van der Waals surface area contributed by atoms with Crippen LogP contribution in [0.25, 0.3) is 10.9 Å². The van der Waals surface area contributed by atoms with Crippen LogP contribution in [0.5, 0.6) is 5.75 Å². The first kappa shape index (κ1) is 20.3. The van der Waals surface area contributed by atoms with Crippen LogP contribution in [0.2, 0.25) is 0 Å². The zero-order valence-corrected chi connectivity index (χ0v) is 17.9. The summed E-state index contributed by atoms with van der Waals surface area (Å²) in [5, 5.41) is 3.97. The van der Waals surface area contributed by atoms with Gasteiger partial charge in [0.05, 0.1) is 18.5 Å². The third-order valence-corrected chi connectivity index (χ3v) is 6.48. The summed E-state index contributed by atoms with van der Waals surface area (Å²) in [6, 6.07) is 12.9. The highest BCUT2D eigenvalue weighted by Crippen LogP contribution is 2.29. The van der Waals surface area contributed by atoms with Crippen molar-refractivity contribution in [3.05, 3.63) is 63.9 Å². The van der Waals surface area contributed by atoms with Gasteiger partial charge < -0.3 is 19.9 Å². The van der Waals surface area contributed by atoms with Crippen molar-refractivity contribution in [2.75, 3.05) is 23.9 Å². The molecule has 7 heteroatoms. The van der Waals surface area contributed by atoms with Crippen molar-refractivity contribution < 1.29 is 14.3 Å². The van der Waals surface area contributed by atoms with Crippen molar-refractivity contribution in [1.29, 1.82) is 0 Å². The van der Waals surface area contributed by atoms with Crippen LogP contribution in [-0.2, 0) is 22.4 Å². The van der Waals surface area contributed by atoms with Crippen molar-refractivity contribution in [2.45, 2.75) is 32.1 Å². The van der Waals surface area contributed by atoms with Gasteiger partial charge in [-0.15, -0.1) is 0 Å². The number of methoxy groups -OCH3 is 1. The number of aromatic amines is 1. The summed E-state index contributed by atoms with van der Waals surface area (Å²) in [7, 11) is 1.59. The van der Waals surface area contributed by atoms with Crippen molar-refractivity contribution in [3.8, 4) is 5.75 Å². The Morgan fingerprint density at radius 3 is 2.56 bits per heavy atom. The Kier molecular flexibility index (Phi) is 5.17. The smallest absolute Gasteiger partial charge is 0.251 e. The topological polar surface area (TPSA) is 91.5 Å². The molecule has 0 spiro atoms. The number of ether oxygens (including phenoxy) is 1. The van der Waals surface area contributed by atoms with Gasteiger partial charge in [0.25, 0.3) is 5.56 Å². The van der Waals surface area contributed by atoms with E-state index in [0.717, 1.165) is 53.4 Å². The number of benzene rings is 2. The third-order valence-electron chi connectivity index (χ3n) is 6.48. The maximum absolute atomic E-state index is 12.9. The number of aryl methyl sites for hydroxylation is 1. The van der Waals surface area contributed by atoms with Gasteiger partial charge in [0.1, 0.15) is 5.75 Å². The van der Waals surface area contributed by atoms with Crippen LogP contribution in [0.4, 0.5) is 11.4 Å². The van der Waals surface area contributed by atoms with E-state index in [-0.39, 0.29) is 23.8 Å². The number of hydrogen-bond acceptors (Lipinski definition) is 4. The van der Waals surface area contributed by atoms with Crippen LogP contribution < -0.4 is 20.5 Å². The molecule has 5 rings (SSSR count). The number of fused-ring (bicyclic) bond motifs is 3. The van der Waals surface area contributed by atoms with Gasteiger partial charge >= 0.3 is 0 Å². The molecule has 2 heterocycles. The van der Waals surface area contributed by atoms with E-state index in [1.54, 1.807) is 24.1 Å². The number of rotatable bonds is 4. The minimum Gasteiger partial charge on any atom is -0.497 e. The summed E-state index contributed by atoms with van der Waals surface area (Å²) in [6.45, 7) is 0.328. The van der Waals surface area contributed by atoms with E-state index in [9.17, 15) is 14.4 Å². The highest BCUT2D eigenvalue weighted by molar-refractivity contribution is 6.04. The number of carbonyl (C=O) groups is 2. The molecule has 2 amide bonds. The monoisotopic (exact) mass is 431 g/mol. The van der Waals surface area contributed by atoms with Crippen LogP contribution in [0.1, 0.15) is 30.4 Å². The number of aromatic nitrogens is 1. The number of nitrogens with one attached hydrogen (secondary N) is 2. The molecule has 1 fully saturated rings. The van der Waals surface area contributed by atoms with Gasteiger partial charge in [-0.2, -0.15) is 0 Å². The molecule has 32 heavy (non-hydrogen) atoms. The highest BCUT2D eigenvalue weighted by Gasteiger charge is 2.35. The Morgan fingerprint density at radius 1 is 1.06 bits per heavy atom. The molecule has 7 nitrogen and oxygen atoms in total. The van der Waals surface area contributed by atoms with Gasteiger partial charge in [-0.25, -0.2) is 0 Å². The molecule has 1 aliphatic carbocycles. The lowest BCUT2D eigenvalue weighted by Crippen LogP contribution is -2.28. The molecule has 164 valence electrons. The molecule has 1 saturated heterocycles. The molecule has 1 atom stereocenters. The molecule has 2 N–H and O–H groups in total. The average molecular weight is 431 g/mol. The van der Waals surface area contributed by atoms with E-state index in [1.807, 2.05) is 30.3 Å². The molecule has 0 radical (unpaired) electrons. The van der Waals surface area contributed by atoms with Gasteiger partial charge in [-0.3, -0.25) is 14.4 Å². The van der Waals surface area contributed by atoms with Gasteiger partial charge in [0.2, 0.25) is 11.8 Å². The highest BCUT2D eigenvalue weighted by atomic mass is 16.5. The first-order chi connectivity index (χ1) is 15.5. The molecule has 1 unspecified atom stereocenters. The lowest BCUT2D eigenvalue weighted by atomic mass is 9.90. The summed E-state index contributed by atoms with van der Waals surface area (Å²) in [5.41, 5.74) is 4.08. The summed E-state index contributed by atoms with van der Waals surface area (Å²) in [5.74, 6) is -0.00742.